The predicted molar refractivity (Wildman–Crippen MR) is 35.7 cm³/mol. The van der Waals surface area contributed by atoms with Crippen molar-refractivity contribution in [2.45, 2.75) is 0 Å². The van der Waals surface area contributed by atoms with Gasteiger partial charge in [-0.2, -0.15) is 0 Å². The highest BCUT2D eigenvalue weighted by Gasteiger charge is 1.98. The SMILES string of the molecule is O=[N+]([O-])Oc1cccc(O)c1. The van der Waals surface area contributed by atoms with Gasteiger partial charge in [-0.25, -0.2) is 0 Å². The van der Waals surface area contributed by atoms with Crippen LogP contribution in [0.3, 0.4) is 0 Å². The summed E-state index contributed by atoms with van der Waals surface area (Å²) in [7, 11) is 0. The number of phenols is 1. The molecule has 0 unspecified atom stereocenters. The first-order chi connectivity index (χ1) is 5.18. The van der Waals surface area contributed by atoms with Gasteiger partial charge in [0.15, 0.2) is 0 Å². The van der Waals surface area contributed by atoms with Crippen molar-refractivity contribution in [3.05, 3.63) is 34.4 Å². The first-order valence-electron chi connectivity index (χ1n) is 2.80. The van der Waals surface area contributed by atoms with Crippen LogP contribution in [0.4, 0.5) is 0 Å². The molecule has 0 saturated carbocycles. The maximum absolute atomic E-state index is 9.78. The van der Waals surface area contributed by atoms with Crippen LogP contribution in [-0.2, 0) is 0 Å². The van der Waals surface area contributed by atoms with E-state index in [0.29, 0.717) is 0 Å². The molecular weight excluding hydrogens is 150 g/mol. The standard InChI is InChI=1S/C6H5NO4/c8-5-2-1-3-6(4-5)11-7(9)10/h1-4,8H. The van der Waals surface area contributed by atoms with Gasteiger partial charge in [-0.15, -0.1) is 10.1 Å². The van der Waals surface area contributed by atoms with Gasteiger partial charge in [0, 0.05) is 6.07 Å². The van der Waals surface area contributed by atoms with Crippen LogP contribution >= 0.6 is 0 Å². The molecule has 5 nitrogen and oxygen atoms in total. The number of hydrogen-bond donors (Lipinski definition) is 1. The molecule has 0 radical (unpaired) electrons. The van der Waals surface area contributed by atoms with E-state index in [1.807, 2.05) is 0 Å². The zero-order valence-corrected chi connectivity index (χ0v) is 5.43. The second kappa shape index (κ2) is 2.87. The number of phenolic OH excluding ortho intramolecular Hbond substituents is 1. The molecule has 0 aromatic heterocycles. The minimum absolute atomic E-state index is 0.00926. The molecule has 5 heteroatoms. The summed E-state index contributed by atoms with van der Waals surface area (Å²) in [5, 5.41) is 17.7. The lowest BCUT2D eigenvalue weighted by Gasteiger charge is -1.96. The molecule has 1 N–H and O–H groups in total. The Balaban J connectivity index is 2.79. The summed E-state index contributed by atoms with van der Waals surface area (Å²) in [5.74, 6) is -0.0562. The Labute approximate surface area is 61.9 Å². The van der Waals surface area contributed by atoms with Crippen LogP contribution in [0.2, 0.25) is 0 Å². The molecule has 0 heterocycles. The first kappa shape index (κ1) is 7.33. The van der Waals surface area contributed by atoms with Crippen molar-refractivity contribution in [3.63, 3.8) is 0 Å². The molecule has 58 valence electrons. The Kier molecular flexibility index (Phi) is 1.91. The number of aromatic hydroxyl groups is 1. The van der Waals surface area contributed by atoms with Gasteiger partial charge in [0.2, 0.25) is 0 Å². The average Bonchev–Trinajstić information content (AvgIpc) is 1.85. The lowest BCUT2D eigenvalue weighted by molar-refractivity contribution is -0.711. The normalized spacial score (nSPS) is 9.09. The molecule has 1 rings (SSSR count). The van der Waals surface area contributed by atoms with E-state index in [1.165, 1.54) is 18.2 Å². The van der Waals surface area contributed by atoms with Gasteiger partial charge >= 0.3 is 0 Å². The molecule has 0 aliphatic heterocycles. The predicted octanol–water partition coefficient (Wildman–Crippen LogP) is 0.963. The third kappa shape index (κ3) is 2.13. The highest BCUT2D eigenvalue weighted by Crippen LogP contribution is 2.17. The number of benzene rings is 1. The zero-order valence-electron chi connectivity index (χ0n) is 5.43. The van der Waals surface area contributed by atoms with Gasteiger partial charge in [-0.05, 0) is 12.1 Å². The van der Waals surface area contributed by atoms with Crippen LogP contribution < -0.4 is 4.84 Å². The van der Waals surface area contributed by atoms with Gasteiger partial charge in [0.1, 0.15) is 11.5 Å². The molecule has 0 fully saturated rings. The monoisotopic (exact) mass is 155 g/mol. The van der Waals surface area contributed by atoms with Crippen LogP contribution in [0.1, 0.15) is 0 Å². The average molecular weight is 155 g/mol. The minimum Gasteiger partial charge on any atom is -0.508 e. The van der Waals surface area contributed by atoms with Crippen molar-refractivity contribution in [3.8, 4) is 11.5 Å². The third-order valence-electron chi connectivity index (χ3n) is 0.998. The Morgan fingerprint density at radius 2 is 2.27 bits per heavy atom. The quantitative estimate of drug-likeness (QED) is 0.510. The van der Waals surface area contributed by atoms with Gasteiger partial charge in [0.25, 0.3) is 5.09 Å². The van der Waals surface area contributed by atoms with Crippen molar-refractivity contribution in [1.29, 1.82) is 0 Å². The Hall–Kier alpha value is -1.78. The Bertz CT molecular complexity index is 273. The first-order valence-corrected chi connectivity index (χ1v) is 2.80. The summed E-state index contributed by atoms with van der Waals surface area (Å²) in [5.41, 5.74) is 0. The highest BCUT2D eigenvalue weighted by molar-refractivity contribution is 5.31. The van der Waals surface area contributed by atoms with Gasteiger partial charge < -0.3 is 5.11 Å². The van der Waals surface area contributed by atoms with Crippen molar-refractivity contribution in [2.24, 2.45) is 0 Å². The van der Waals surface area contributed by atoms with Crippen LogP contribution in [0.25, 0.3) is 0 Å². The fraction of sp³-hybridized carbons (Fsp3) is 0. The maximum atomic E-state index is 9.78. The van der Waals surface area contributed by atoms with E-state index in [2.05, 4.69) is 4.84 Å². The van der Waals surface area contributed by atoms with Crippen molar-refractivity contribution in [2.75, 3.05) is 0 Å². The van der Waals surface area contributed by atoms with Crippen molar-refractivity contribution < 1.29 is 15.0 Å². The summed E-state index contributed by atoms with van der Waals surface area (Å²) in [6, 6.07) is 5.38. The lowest BCUT2D eigenvalue weighted by Crippen LogP contribution is -2.02. The van der Waals surface area contributed by atoms with Gasteiger partial charge in [-0.3, -0.25) is 4.84 Å². The molecule has 0 amide bonds. The number of rotatable bonds is 2. The van der Waals surface area contributed by atoms with Crippen molar-refractivity contribution in [1.82, 2.24) is 0 Å². The molecule has 1 aromatic rings. The molecule has 11 heavy (non-hydrogen) atoms. The highest BCUT2D eigenvalue weighted by atomic mass is 17.0. The third-order valence-corrected chi connectivity index (χ3v) is 0.998. The minimum atomic E-state index is -0.936. The number of nitrogens with zero attached hydrogens (tertiary/aromatic N) is 1. The molecule has 0 saturated heterocycles. The zero-order chi connectivity index (χ0) is 8.27. The second-order valence-corrected chi connectivity index (χ2v) is 1.81. The van der Waals surface area contributed by atoms with E-state index in [4.69, 9.17) is 5.11 Å². The second-order valence-electron chi connectivity index (χ2n) is 1.81. The molecule has 0 aliphatic carbocycles. The van der Waals surface area contributed by atoms with Crippen LogP contribution in [0.5, 0.6) is 11.5 Å². The summed E-state index contributed by atoms with van der Waals surface area (Å²) in [4.78, 5) is 13.8. The molecule has 1 aromatic carbocycles. The van der Waals surface area contributed by atoms with Gasteiger partial charge in [0.05, 0.1) is 0 Å². The Morgan fingerprint density at radius 1 is 1.55 bits per heavy atom. The van der Waals surface area contributed by atoms with E-state index in [0.717, 1.165) is 6.07 Å². The van der Waals surface area contributed by atoms with Crippen LogP contribution in [-0.4, -0.2) is 10.2 Å². The van der Waals surface area contributed by atoms with E-state index in [9.17, 15) is 10.1 Å². The number of hydrogen-bond acceptors (Lipinski definition) is 4. The largest absolute Gasteiger partial charge is 0.508 e. The molecule has 0 bridgehead atoms. The van der Waals surface area contributed by atoms with Crippen LogP contribution in [0, 0.1) is 10.1 Å². The van der Waals surface area contributed by atoms with E-state index >= 15 is 0 Å². The summed E-state index contributed by atoms with van der Waals surface area (Å²) in [6.07, 6.45) is 0. The van der Waals surface area contributed by atoms with Crippen molar-refractivity contribution >= 4 is 0 Å². The summed E-state index contributed by atoms with van der Waals surface area (Å²) >= 11 is 0. The fourth-order valence-corrected chi connectivity index (χ4v) is 0.626. The van der Waals surface area contributed by atoms with E-state index in [1.54, 1.807) is 0 Å². The molecule has 0 atom stereocenters. The van der Waals surface area contributed by atoms with E-state index < -0.39 is 5.09 Å². The maximum Gasteiger partial charge on any atom is 0.299 e. The molecular formula is C6H5NO4. The van der Waals surface area contributed by atoms with Gasteiger partial charge in [-0.1, -0.05) is 6.07 Å². The molecule has 0 aliphatic rings. The van der Waals surface area contributed by atoms with Crippen LogP contribution in [0.15, 0.2) is 24.3 Å². The summed E-state index contributed by atoms with van der Waals surface area (Å²) in [6.45, 7) is 0. The summed E-state index contributed by atoms with van der Waals surface area (Å²) < 4.78 is 0. The Morgan fingerprint density at radius 3 is 2.82 bits per heavy atom. The molecule has 0 spiro atoms. The fourth-order valence-electron chi connectivity index (χ4n) is 0.626. The lowest BCUT2D eigenvalue weighted by atomic mass is 10.3. The topological polar surface area (TPSA) is 72.6 Å². The van der Waals surface area contributed by atoms with E-state index in [-0.39, 0.29) is 11.5 Å². The smallest absolute Gasteiger partial charge is 0.299 e.